The standard InChI is InChI=1S/C12H16N2O4/c1-6-4-8-9(18-3-2-17-8)5-7(6)10(13)11(14)12(15)16/h4-5,10-11H,2-3,13-14H2,1H3,(H,15,16). The molecule has 0 spiro atoms. The van der Waals surface area contributed by atoms with Crippen LogP contribution in [-0.4, -0.2) is 30.3 Å². The number of benzene rings is 1. The van der Waals surface area contributed by atoms with Gasteiger partial charge in [0.2, 0.25) is 0 Å². The van der Waals surface area contributed by atoms with Gasteiger partial charge in [-0.15, -0.1) is 0 Å². The first-order valence-electron chi connectivity index (χ1n) is 5.65. The van der Waals surface area contributed by atoms with E-state index in [9.17, 15) is 4.79 Å². The third-order valence-corrected chi connectivity index (χ3v) is 2.96. The molecule has 0 bridgehead atoms. The van der Waals surface area contributed by atoms with E-state index in [1.807, 2.05) is 6.92 Å². The first kappa shape index (κ1) is 12.7. The van der Waals surface area contributed by atoms with Crippen LogP contribution in [0, 0.1) is 6.92 Å². The number of carboxylic acids is 1. The maximum Gasteiger partial charge on any atom is 0.322 e. The fourth-order valence-corrected chi connectivity index (χ4v) is 1.91. The Kier molecular flexibility index (Phi) is 3.40. The highest BCUT2D eigenvalue weighted by atomic mass is 16.6. The van der Waals surface area contributed by atoms with Gasteiger partial charge < -0.3 is 26.0 Å². The molecule has 6 nitrogen and oxygen atoms in total. The second kappa shape index (κ2) is 4.83. The van der Waals surface area contributed by atoms with Crippen molar-refractivity contribution >= 4 is 5.97 Å². The van der Waals surface area contributed by atoms with Crippen LogP contribution in [-0.2, 0) is 4.79 Å². The van der Waals surface area contributed by atoms with Crippen molar-refractivity contribution in [3.63, 3.8) is 0 Å². The number of ether oxygens (including phenoxy) is 2. The normalized spacial score (nSPS) is 17.1. The zero-order valence-electron chi connectivity index (χ0n) is 10.1. The average Bonchev–Trinajstić information content (AvgIpc) is 2.36. The monoisotopic (exact) mass is 252 g/mol. The molecule has 1 aliphatic rings. The zero-order valence-corrected chi connectivity index (χ0v) is 10.1. The van der Waals surface area contributed by atoms with Crippen LogP contribution < -0.4 is 20.9 Å². The van der Waals surface area contributed by atoms with Gasteiger partial charge in [0.25, 0.3) is 0 Å². The lowest BCUT2D eigenvalue weighted by Gasteiger charge is -2.23. The van der Waals surface area contributed by atoms with Crippen LogP contribution in [0.4, 0.5) is 0 Å². The van der Waals surface area contributed by atoms with Gasteiger partial charge in [-0.1, -0.05) is 0 Å². The summed E-state index contributed by atoms with van der Waals surface area (Å²) in [6, 6.07) is 1.57. The van der Waals surface area contributed by atoms with E-state index < -0.39 is 18.1 Å². The molecule has 5 N–H and O–H groups in total. The zero-order chi connectivity index (χ0) is 13.3. The van der Waals surface area contributed by atoms with E-state index in [0.717, 1.165) is 5.56 Å². The second-order valence-corrected chi connectivity index (χ2v) is 4.24. The van der Waals surface area contributed by atoms with Crippen LogP contribution in [0.5, 0.6) is 11.5 Å². The van der Waals surface area contributed by atoms with Crippen molar-refractivity contribution in [3.8, 4) is 11.5 Å². The molecule has 18 heavy (non-hydrogen) atoms. The molecule has 98 valence electrons. The molecule has 6 heteroatoms. The summed E-state index contributed by atoms with van der Waals surface area (Å²) in [5.74, 6) is 0.102. The van der Waals surface area contributed by atoms with Gasteiger partial charge in [-0.3, -0.25) is 4.79 Å². The first-order valence-corrected chi connectivity index (χ1v) is 5.65. The fourth-order valence-electron chi connectivity index (χ4n) is 1.91. The number of aryl methyl sites for hydroxylation is 1. The van der Waals surface area contributed by atoms with E-state index in [1.54, 1.807) is 12.1 Å². The summed E-state index contributed by atoms with van der Waals surface area (Å²) in [5, 5.41) is 8.88. The molecule has 1 aromatic carbocycles. The van der Waals surface area contributed by atoms with Crippen molar-refractivity contribution in [3.05, 3.63) is 23.3 Å². The quantitative estimate of drug-likeness (QED) is 0.708. The van der Waals surface area contributed by atoms with E-state index in [0.29, 0.717) is 30.3 Å². The van der Waals surface area contributed by atoms with Crippen molar-refractivity contribution in [2.45, 2.75) is 19.0 Å². The second-order valence-electron chi connectivity index (χ2n) is 4.24. The Morgan fingerprint density at radius 2 is 1.83 bits per heavy atom. The number of aliphatic carboxylic acids is 1. The van der Waals surface area contributed by atoms with E-state index in [4.69, 9.17) is 26.0 Å². The minimum Gasteiger partial charge on any atom is -0.486 e. The van der Waals surface area contributed by atoms with Crippen LogP contribution in [0.15, 0.2) is 12.1 Å². The van der Waals surface area contributed by atoms with E-state index in [2.05, 4.69) is 0 Å². The molecule has 2 atom stereocenters. The Morgan fingerprint density at radius 1 is 1.28 bits per heavy atom. The summed E-state index contributed by atoms with van der Waals surface area (Å²) in [4.78, 5) is 10.9. The molecule has 0 amide bonds. The molecule has 0 fully saturated rings. The number of carbonyl (C=O) groups is 1. The van der Waals surface area contributed by atoms with Gasteiger partial charge in [0, 0.05) is 0 Å². The van der Waals surface area contributed by atoms with Crippen molar-refractivity contribution in [2.24, 2.45) is 11.5 Å². The lowest BCUT2D eigenvalue weighted by molar-refractivity contribution is -0.139. The average molecular weight is 252 g/mol. The Labute approximate surface area is 104 Å². The molecule has 1 aromatic rings. The van der Waals surface area contributed by atoms with Crippen LogP contribution >= 0.6 is 0 Å². The SMILES string of the molecule is Cc1cc2c(cc1C(N)C(N)C(=O)O)OCCO2. The van der Waals surface area contributed by atoms with Crippen molar-refractivity contribution in [2.75, 3.05) is 13.2 Å². The van der Waals surface area contributed by atoms with Crippen molar-refractivity contribution in [1.82, 2.24) is 0 Å². The third-order valence-electron chi connectivity index (χ3n) is 2.96. The number of hydrogen-bond acceptors (Lipinski definition) is 5. The van der Waals surface area contributed by atoms with Crippen LogP contribution in [0.3, 0.4) is 0 Å². The minimum absolute atomic E-state index is 0.468. The number of carboxylic acid groups (broad SMARTS) is 1. The predicted molar refractivity (Wildman–Crippen MR) is 64.7 cm³/mol. The van der Waals surface area contributed by atoms with Crippen LogP contribution in [0.25, 0.3) is 0 Å². The molecule has 1 aliphatic heterocycles. The van der Waals surface area contributed by atoms with Crippen LogP contribution in [0.2, 0.25) is 0 Å². The Hall–Kier alpha value is -1.79. The van der Waals surface area contributed by atoms with Gasteiger partial charge in [-0.05, 0) is 30.2 Å². The molecule has 2 unspecified atom stereocenters. The molecule has 2 rings (SSSR count). The molecule has 0 saturated heterocycles. The summed E-state index contributed by atoms with van der Waals surface area (Å²) in [5.41, 5.74) is 12.9. The number of fused-ring (bicyclic) bond motifs is 1. The molecule has 0 aromatic heterocycles. The fraction of sp³-hybridized carbons (Fsp3) is 0.417. The van der Waals surface area contributed by atoms with E-state index in [1.165, 1.54) is 0 Å². The number of nitrogens with two attached hydrogens (primary N) is 2. The van der Waals surface area contributed by atoms with E-state index >= 15 is 0 Å². The predicted octanol–water partition coefficient (Wildman–Crippen LogP) is 0.178. The molecule has 0 radical (unpaired) electrons. The summed E-state index contributed by atoms with van der Waals surface area (Å²) < 4.78 is 10.9. The Balaban J connectivity index is 2.36. The van der Waals surface area contributed by atoms with Gasteiger partial charge in [-0.2, -0.15) is 0 Å². The maximum atomic E-state index is 10.9. The molecular formula is C12H16N2O4. The molecular weight excluding hydrogens is 236 g/mol. The minimum atomic E-state index is -1.15. The van der Waals surface area contributed by atoms with Gasteiger partial charge >= 0.3 is 5.97 Å². The van der Waals surface area contributed by atoms with Gasteiger partial charge in [0.15, 0.2) is 11.5 Å². The summed E-state index contributed by atoms with van der Waals surface area (Å²) in [6.45, 7) is 2.81. The highest BCUT2D eigenvalue weighted by Gasteiger charge is 2.25. The third kappa shape index (κ3) is 2.25. The summed E-state index contributed by atoms with van der Waals surface area (Å²) in [7, 11) is 0. The lowest BCUT2D eigenvalue weighted by Crippen LogP contribution is -2.41. The number of hydrogen-bond donors (Lipinski definition) is 3. The summed E-state index contributed by atoms with van der Waals surface area (Å²) >= 11 is 0. The van der Waals surface area contributed by atoms with Crippen molar-refractivity contribution < 1.29 is 19.4 Å². The summed E-state index contributed by atoms with van der Waals surface area (Å²) in [6.07, 6.45) is 0. The highest BCUT2D eigenvalue weighted by molar-refractivity contribution is 5.74. The largest absolute Gasteiger partial charge is 0.486 e. The van der Waals surface area contributed by atoms with E-state index in [-0.39, 0.29) is 0 Å². The lowest BCUT2D eigenvalue weighted by atomic mass is 9.96. The van der Waals surface area contributed by atoms with Gasteiger partial charge in [0.05, 0.1) is 6.04 Å². The van der Waals surface area contributed by atoms with Crippen LogP contribution in [0.1, 0.15) is 17.2 Å². The molecule has 0 aliphatic carbocycles. The Bertz CT molecular complexity index is 475. The first-order chi connectivity index (χ1) is 8.50. The molecule has 0 saturated carbocycles. The smallest absolute Gasteiger partial charge is 0.322 e. The van der Waals surface area contributed by atoms with Gasteiger partial charge in [-0.25, -0.2) is 0 Å². The van der Waals surface area contributed by atoms with Gasteiger partial charge in [0.1, 0.15) is 19.3 Å². The Morgan fingerprint density at radius 3 is 2.39 bits per heavy atom. The van der Waals surface area contributed by atoms with Crippen molar-refractivity contribution in [1.29, 1.82) is 0 Å². The molecule has 1 heterocycles. The highest BCUT2D eigenvalue weighted by Crippen LogP contribution is 2.35. The number of rotatable bonds is 3. The topological polar surface area (TPSA) is 108 Å². The maximum absolute atomic E-state index is 10.9.